The van der Waals surface area contributed by atoms with E-state index in [-0.39, 0.29) is 27.1 Å². The van der Waals surface area contributed by atoms with Crippen molar-refractivity contribution in [1.29, 1.82) is 0 Å². The summed E-state index contributed by atoms with van der Waals surface area (Å²) in [5.41, 5.74) is 6.15. The molecule has 0 aromatic heterocycles. The van der Waals surface area contributed by atoms with Gasteiger partial charge in [0.05, 0.1) is 11.1 Å². The summed E-state index contributed by atoms with van der Waals surface area (Å²) in [6, 6.07) is 7.88. The van der Waals surface area contributed by atoms with Crippen molar-refractivity contribution in [2.24, 2.45) is 11.1 Å². The molecule has 3 N–H and O–H groups in total. The molecule has 0 spiro atoms. The third-order valence-corrected chi connectivity index (χ3v) is 5.90. The largest absolute Gasteiger partial charge is 0.368 e. The molecule has 7 heteroatoms. The summed E-state index contributed by atoms with van der Waals surface area (Å²) >= 11 is 11.9. The van der Waals surface area contributed by atoms with Gasteiger partial charge >= 0.3 is 0 Å². The fourth-order valence-electron chi connectivity index (χ4n) is 4.33. The van der Waals surface area contributed by atoms with Crippen molar-refractivity contribution in [2.75, 3.05) is 0 Å². The van der Waals surface area contributed by atoms with Gasteiger partial charge in [-0.3, -0.25) is 4.79 Å². The minimum atomic E-state index is -0.865. The first-order chi connectivity index (χ1) is 13.5. The van der Waals surface area contributed by atoms with Gasteiger partial charge in [0.15, 0.2) is 0 Å². The number of hydrogen-bond acceptors (Lipinski definition) is 2. The molecule has 2 aromatic rings. The Balaban J connectivity index is 2.21. The summed E-state index contributed by atoms with van der Waals surface area (Å²) < 4.78 is 29.9. The lowest BCUT2D eigenvalue weighted by Crippen LogP contribution is -2.42. The molecule has 1 heterocycles. The highest BCUT2D eigenvalue weighted by atomic mass is 35.5. The van der Waals surface area contributed by atoms with Gasteiger partial charge in [0.25, 0.3) is 0 Å². The normalized spacial score (nSPS) is 24.7. The van der Waals surface area contributed by atoms with Gasteiger partial charge in [0.1, 0.15) is 11.6 Å². The van der Waals surface area contributed by atoms with E-state index in [1.807, 2.05) is 0 Å². The number of carbonyl (C=O) groups is 1. The van der Waals surface area contributed by atoms with Crippen molar-refractivity contribution in [3.05, 3.63) is 69.2 Å². The van der Waals surface area contributed by atoms with Gasteiger partial charge in [-0.25, -0.2) is 8.78 Å². The first-order valence-corrected chi connectivity index (χ1v) is 10.2. The van der Waals surface area contributed by atoms with Crippen LogP contribution in [0.3, 0.4) is 0 Å². The lowest BCUT2D eigenvalue weighted by atomic mass is 9.74. The van der Waals surface area contributed by atoms with Crippen LogP contribution < -0.4 is 11.1 Å². The highest BCUT2D eigenvalue weighted by molar-refractivity contribution is 6.31. The molecule has 1 amide bonds. The summed E-state index contributed by atoms with van der Waals surface area (Å²) in [6.07, 6.45) is 0.627. The van der Waals surface area contributed by atoms with Crippen LogP contribution in [0.2, 0.25) is 10.0 Å². The molecule has 1 aliphatic rings. The van der Waals surface area contributed by atoms with Crippen LogP contribution in [0.15, 0.2) is 36.4 Å². The molecule has 3 nitrogen and oxygen atoms in total. The van der Waals surface area contributed by atoms with Crippen molar-refractivity contribution < 1.29 is 13.6 Å². The van der Waals surface area contributed by atoms with Crippen LogP contribution in [0.4, 0.5) is 8.78 Å². The zero-order valence-corrected chi connectivity index (χ0v) is 18.0. The summed E-state index contributed by atoms with van der Waals surface area (Å²) in [7, 11) is 0. The Morgan fingerprint density at radius 2 is 1.79 bits per heavy atom. The zero-order valence-electron chi connectivity index (χ0n) is 16.5. The molecule has 1 fully saturated rings. The van der Waals surface area contributed by atoms with E-state index in [1.165, 1.54) is 12.1 Å². The van der Waals surface area contributed by atoms with Gasteiger partial charge in [0, 0.05) is 22.9 Å². The van der Waals surface area contributed by atoms with Crippen molar-refractivity contribution in [3.8, 4) is 0 Å². The van der Waals surface area contributed by atoms with Gasteiger partial charge in [0.2, 0.25) is 5.91 Å². The van der Waals surface area contributed by atoms with E-state index in [0.29, 0.717) is 12.0 Å². The molecule has 0 bridgehead atoms. The Kier molecular flexibility index (Phi) is 6.23. The first kappa shape index (κ1) is 22.0. The third-order valence-electron chi connectivity index (χ3n) is 5.37. The van der Waals surface area contributed by atoms with Crippen LogP contribution in [0.1, 0.15) is 50.2 Å². The van der Waals surface area contributed by atoms with Gasteiger partial charge in [-0.2, -0.15) is 0 Å². The average Bonchev–Trinajstić information content (AvgIpc) is 2.94. The molecule has 0 radical (unpaired) electrons. The van der Waals surface area contributed by atoms with Gasteiger partial charge in [-0.15, -0.1) is 0 Å². The maximum absolute atomic E-state index is 15.0. The second kappa shape index (κ2) is 8.21. The van der Waals surface area contributed by atoms with Crippen molar-refractivity contribution >= 4 is 29.1 Å². The van der Waals surface area contributed by atoms with Crippen molar-refractivity contribution in [3.63, 3.8) is 0 Å². The maximum Gasteiger partial charge on any atom is 0.235 e. The Bertz CT molecular complexity index is 930. The number of halogens is 4. The Hall–Kier alpha value is -1.69. The predicted molar refractivity (Wildman–Crippen MR) is 112 cm³/mol. The van der Waals surface area contributed by atoms with Crippen LogP contribution in [0.5, 0.6) is 0 Å². The average molecular weight is 441 g/mol. The fraction of sp³-hybridized carbons (Fsp3) is 0.409. The molecule has 3 rings (SSSR count). The van der Waals surface area contributed by atoms with Crippen LogP contribution in [-0.4, -0.2) is 18.0 Å². The van der Waals surface area contributed by atoms with E-state index in [4.69, 9.17) is 28.9 Å². The number of rotatable bonds is 4. The van der Waals surface area contributed by atoms with E-state index in [0.717, 1.165) is 0 Å². The van der Waals surface area contributed by atoms with E-state index in [2.05, 4.69) is 26.1 Å². The number of primary amides is 1. The Morgan fingerprint density at radius 3 is 2.38 bits per heavy atom. The van der Waals surface area contributed by atoms with E-state index in [9.17, 15) is 13.6 Å². The highest BCUT2D eigenvalue weighted by Gasteiger charge is 2.49. The number of benzene rings is 2. The molecule has 156 valence electrons. The monoisotopic (exact) mass is 440 g/mol. The number of carbonyl (C=O) groups excluding carboxylic acids is 1. The van der Waals surface area contributed by atoms with Crippen LogP contribution in [0.25, 0.3) is 0 Å². The summed E-state index contributed by atoms with van der Waals surface area (Å²) in [5, 5.41) is 3.46. The number of amides is 1. The van der Waals surface area contributed by atoms with E-state index in [1.54, 1.807) is 24.3 Å². The topological polar surface area (TPSA) is 55.1 Å². The predicted octanol–water partition coefficient (Wildman–Crippen LogP) is 5.40. The minimum absolute atomic E-state index is 0.0553. The lowest BCUT2D eigenvalue weighted by Gasteiger charge is -2.30. The zero-order chi connectivity index (χ0) is 21.5. The van der Waals surface area contributed by atoms with Gasteiger partial charge in [-0.05, 0) is 41.2 Å². The molecule has 0 saturated carbocycles. The molecular formula is C22H24Cl2F2N2O. The number of hydrogen-bond donors (Lipinski definition) is 2. The molecule has 4 unspecified atom stereocenters. The molecule has 1 saturated heterocycles. The Labute approximate surface area is 179 Å². The number of nitrogens with one attached hydrogen (secondary N) is 1. The lowest BCUT2D eigenvalue weighted by molar-refractivity contribution is -0.120. The second-order valence-corrected chi connectivity index (χ2v) is 9.62. The third kappa shape index (κ3) is 4.57. The van der Waals surface area contributed by atoms with Crippen molar-refractivity contribution in [1.82, 2.24) is 5.32 Å². The number of nitrogens with two attached hydrogens (primary N) is 1. The van der Waals surface area contributed by atoms with Crippen LogP contribution in [-0.2, 0) is 4.79 Å². The molecule has 4 atom stereocenters. The molecule has 1 aliphatic heterocycles. The quantitative estimate of drug-likeness (QED) is 0.668. The summed E-state index contributed by atoms with van der Waals surface area (Å²) in [5.74, 6) is -2.99. The maximum atomic E-state index is 15.0. The van der Waals surface area contributed by atoms with E-state index < -0.39 is 35.4 Å². The second-order valence-electron chi connectivity index (χ2n) is 8.78. The van der Waals surface area contributed by atoms with Crippen molar-refractivity contribution in [2.45, 2.75) is 51.1 Å². The Morgan fingerprint density at radius 1 is 1.10 bits per heavy atom. The van der Waals surface area contributed by atoms with E-state index >= 15 is 0 Å². The first-order valence-electron chi connectivity index (χ1n) is 9.44. The smallest absolute Gasteiger partial charge is 0.235 e. The standard InChI is InChI=1S/C22H24Cl2F2N2O/c1-22(2,3)10-16-17(12-8-7-11(23)9-15(12)25)18(20(28-16)21(27)29)13-5-4-6-14(24)19(13)26/h4-9,16-18,20,28H,10H2,1-3H3,(H2,27,29). The summed E-state index contributed by atoms with van der Waals surface area (Å²) in [6.45, 7) is 6.16. The molecular weight excluding hydrogens is 417 g/mol. The SMILES string of the molecule is CC(C)(C)CC1NC(C(N)=O)C(c2cccc(Cl)c2F)C1c1ccc(Cl)cc1F. The van der Waals surface area contributed by atoms with Crippen LogP contribution >= 0.6 is 23.2 Å². The minimum Gasteiger partial charge on any atom is -0.368 e. The fourth-order valence-corrected chi connectivity index (χ4v) is 4.67. The van der Waals surface area contributed by atoms with Gasteiger partial charge < -0.3 is 11.1 Å². The van der Waals surface area contributed by atoms with Crippen LogP contribution in [0, 0.1) is 17.0 Å². The van der Waals surface area contributed by atoms with Gasteiger partial charge in [-0.1, -0.05) is 62.2 Å². The molecule has 29 heavy (non-hydrogen) atoms. The highest BCUT2D eigenvalue weighted by Crippen LogP contribution is 2.48. The molecule has 0 aliphatic carbocycles. The molecule has 2 aromatic carbocycles. The summed E-state index contributed by atoms with van der Waals surface area (Å²) in [4.78, 5) is 12.3.